The van der Waals surface area contributed by atoms with Gasteiger partial charge in [0.25, 0.3) is 0 Å². The van der Waals surface area contributed by atoms with Crippen LogP contribution in [-0.2, 0) is 26.2 Å². The highest BCUT2D eigenvalue weighted by molar-refractivity contribution is 7.89. The third-order valence-electron chi connectivity index (χ3n) is 4.68. The topological polar surface area (TPSA) is 84.0 Å². The monoisotopic (exact) mass is 402 g/mol. The second kappa shape index (κ2) is 7.73. The summed E-state index contributed by atoms with van der Waals surface area (Å²) in [6.07, 6.45) is 0.207. The van der Waals surface area contributed by atoms with Crippen molar-refractivity contribution in [3.05, 3.63) is 53.6 Å². The highest BCUT2D eigenvalue weighted by atomic mass is 32.2. The average Bonchev–Trinajstić information content (AvgIpc) is 3.01. The smallest absolute Gasteiger partial charge is 0.243 e. The fourth-order valence-electron chi connectivity index (χ4n) is 3.07. The molecule has 0 radical (unpaired) electrons. The summed E-state index contributed by atoms with van der Waals surface area (Å²) in [6.45, 7) is 2.16. The molecule has 0 unspecified atom stereocenters. The third kappa shape index (κ3) is 3.79. The van der Waals surface area contributed by atoms with Crippen LogP contribution in [0.1, 0.15) is 24.0 Å². The van der Waals surface area contributed by atoms with Gasteiger partial charge in [0.15, 0.2) is 0 Å². The van der Waals surface area contributed by atoms with E-state index in [-0.39, 0.29) is 47.5 Å². The Morgan fingerprint density at radius 2 is 1.64 bits per heavy atom. The highest BCUT2D eigenvalue weighted by Crippen LogP contribution is 2.35. The number of anilines is 1. The van der Waals surface area contributed by atoms with Crippen LogP contribution in [0.5, 0.6) is 5.75 Å². The molecule has 2 aromatic rings. The zero-order valence-corrected chi connectivity index (χ0v) is 16.8. The Balaban J connectivity index is 1.95. The Bertz CT molecular complexity index is 999. The molecule has 0 aliphatic carbocycles. The second-order valence-electron chi connectivity index (χ2n) is 6.70. The first-order chi connectivity index (χ1) is 13.2. The van der Waals surface area contributed by atoms with E-state index in [2.05, 4.69) is 0 Å². The molecule has 8 heteroatoms. The first-order valence-electron chi connectivity index (χ1n) is 8.79. The summed E-state index contributed by atoms with van der Waals surface area (Å²) in [6, 6.07) is 11.8. The molecule has 28 heavy (non-hydrogen) atoms. The SMILES string of the molecule is COc1ccc(S(=O)(=O)N(C)Cc2ccc(C)cc2)cc1N1C(=O)CCC1=O. The van der Waals surface area contributed by atoms with Gasteiger partial charge in [0.05, 0.1) is 17.7 Å². The number of sulfonamides is 1. The predicted molar refractivity (Wildman–Crippen MR) is 105 cm³/mol. The van der Waals surface area contributed by atoms with Crippen LogP contribution in [0, 0.1) is 6.92 Å². The number of hydrogen-bond acceptors (Lipinski definition) is 5. The van der Waals surface area contributed by atoms with E-state index < -0.39 is 10.0 Å². The van der Waals surface area contributed by atoms with Crippen molar-refractivity contribution in [2.24, 2.45) is 0 Å². The van der Waals surface area contributed by atoms with E-state index in [4.69, 9.17) is 4.74 Å². The quantitative estimate of drug-likeness (QED) is 0.693. The van der Waals surface area contributed by atoms with Gasteiger partial charge in [-0.15, -0.1) is 0 Å². The summed E-state index contributed by atoms with van der Waals surface area (Å²) in [7, 11) is -0.935. The molecule has 2 aromatic carbocycles. The number of carbonyl (C=O) groups excluding carboxylic acids is 2. The number of hydrogen-bond donors (Lipinski definition) is 0. The van der Waals surface area contributed by atoms with Crippen LogP contribution >= 0.6 is 0 Å². The number of aryl methyl sites for hydroxylation is 1. The largest absolute Gasteiger partial charge is 0.495 e. The number of rotatable bonds is 6. The van der Waals surface area contributed by atoms with Crippen LogP contribution in [0.2, 0.25) is 0 Å². The molecule has 0 aromatic heterocycles. The fraction of sp³-hybridized carbons (Fsp3) is 0.300. The van der Waals surface area contributed by atoms with Crippen LogP contribution in [-0.4, -0.2) is 38.7 Å². The lowest BCUT2D eigenvalue weighted by molar-refractivity contribution is -0.121. The summed E-state index contributed by atoms with van der Waals surface area (Å²) >= 11 is 0. The Hall–Kier alpha value is -2.71. The fourth-order valence-corrected chi connectivity index (χ4v) is 4.25. The van der Waals surface area contributed by atoms with Gasteiger partial charge in [0.2, 0.25) is 21.8 Å². The summed E-state index contributed by atoms with van der Waals surface area (Å²) in [5.41, 5.74) is 2.10. The van der Waals surface area contributed by atoms with Gasteiger partial charge < -0.3 is 4.74 Å². The van der Waals surface area contributed by atoms with Gasteiger partial charge in [-0.2, -0.15) is 4.31 Å². The number of methoxy groups -OCH3 is 1. The number of imide groups is 1. The minimum atomic E-state index is -3.83. The number of amides is 2. The summed E-state index contributed by atoms with van der Waals surface area (Å²) in [5.74, 6) is -0.472. The summed E-state index contributed by atoms with van der Waals surface area (Å²) in [4.78, 5) is 25.2. The Morgan fingerprint density at radius 3 is 2.21 bits per heavy atom. The maximum absolute atomic E-state index is 13.0. The minimum absolute atomic E-state index is 0.00888. The van der Waals surface area contributed by atoms with Gasteiger partial charge in [-0.3, -0.25) is 9.59 Å². The van der Waals surface area contributed by atoms with Gasteiger partial charge >= 0.3 is 0 Å². The van der Waals surface area contributed by atoms with Crippen molar-refractivity contribution >= 4 is 27.5 Å². The van der Waals surface area contributed by atoms with Crippen molar-refractivity contribution in [3.8, 4) is 5.75 Å². The molecule has 148 valence electrons. The molecule has 0 atom stereocenters. The maximum Gasteiger partial charge on any atom is 0.243 e. The van der Waals surface area contributed by atoms with Crippen molar-refractivity contribution in [2.45, 2.75) is 31.2 Å². The van der Waals surface area contributed by atoms with Gasteiger partial charge in [-0.1, -0.05) is 29.8 Å². The molecule has 0 spiro atoms. The second-order valence-corrected chi connectivity index (χ2v) is 8.75. The Labute approximate surface area is 164 Å². The number of benzene rings is 2. The molecule has 0 saturated carbocycles. The average molecular weight is 402 g/mol. The van der Waals surface area contributed by atoms with Crippen molar-refractivity contribution in [1.29, 1.82) is 0 Å². The molecule has 0 N–H and O–H groups in total. The van der Waals surface area contributed by atoms with E-state index in [9.17, 15) is 18.0 Å². The lowest BCUT2D eigenvalue weighted by atomic mass is 10.1. The van der Waals surface area contributed by atoms with Gasteiger partial charge in [-0.25, -0.2) is 13.3 Å². The predicted octanol–water partition coefficient (Wildman–Crippen LogP) is 2.48. The van der Waals surface area contributed by atoms with Crippen molar-refractivity contribution < 1.29 is 22.7 Å². The van der Waals surface area contributed by atoms with Crippen molar-refractivity contribution in [3.63, 3.8) is 0 Å². The molecular weight excluding hydrogens is 380 g/mol. The van der Waals surface area contributed by atoms with E-state index in [0.29, 0.717) is 0 Å². The zero-order chi connectivity index (χ0) is 20.5. The van der Waals surface area contributed by atoms with Crippen LogP contribution in [0.15, 0.2) is 47.4 Å². The van der Waals surface area contributed by atoms with Gasteiger partial charge in [0, 0.05) is 26.4 Å². The summed E-state index contributed by atoms with van der Waals surface area (Å²) in [5, 5.41) is 0. The lowest BCUT2D eigenvalue weighted by Crippen LogP contribution is -2.30. The maximum atomic E-state index is 13.0. The highest BCUT2D eigenvalue weighted by Gasteiger charge is 2.33. The van der Waals surface area contributed by atoms with Crippen LogP contribution < -0.4 is 9.64 Å². The molecule has 1 fully saturated rings. The molecule has 1 aliphatic rings. The molecule has 0 bridgehead atoms. The standard InChI is InChI=1S/C20H22N2O5S/c1-14-4-6-15(7-5-14)13-21(2)28(25,26)16-8-9-18(27-3)17(12-16)22-19(23)10-11-20(22)24/h4-9,12H,10-11,13H2,1-3H3. The normalized spacial score (nSPS) is 14.8. The molecular formula is C20H22N2O5S. The molecule has 3 rings (SSSR count). The molecule has 1 heterocycles. The molecule has 7 nitrogen and oxygen atoms in total. The van der Waals surface area contributed by atoms with Crippen LogP contribution in [0.25, 0.3) is 0 Å². The minimum Gasteiger partial charge on any atom is -0.495 e. The first-order valence-corrected chi connectivity index (χ1v) is 10.2. The van der Waals surface area contributed by atoms with Crippen LogP contribution in [0.3, 0.4) is 0 Å². The van der Waals surface area contributed by atoms with E-state index in [0.717, 1.165) is 16.0 Å². The van der Waals surface area contributed by atoms with E-state index >= 15 is 0 Å². The van der Waals surface area contributed by atoms with Gasteiger partial charge in [0.1, 0.15) is 5.75 Å². The third-order valence-corrected chi connectivity index (χ3v) is 6.48. The zero-order valence-electron chi connectivity index (χ0n) is 16.0. The van der Waals surface area contributed by atoms with E-state index in [1.54, 1.807) is 0 Å². The first kappa shape index (κ1) is 20.0. The number of ether oxygens (including phenoxy) is 1. The van der Waals surface area contributed by atoms with Crippen LogP contribution in [0.4, 0.5) is 5.69 Å². The number of carbonyl (C=O) groups is 2. The van der Waals surface area contributed by atoms with Crippen molar-refractivity contribution in [2.75, 3.05) is 19.1 Å². The van der Waals surface area contributed by atoms with Crippen molar-refractivity contribution in [1.82, 2.24) is 4.31 Å². The Morgan fingerprint density at radius 1 is 1.04 bits per heavy atom. The molecule has 1 aliphatic heterocycles. The lowest BCUT2D eigenvalue weighted by Gasteiger charge is -2.21. The summed E-state index contributed by atoms with van der Waals surface area (Å²) < 4.78 is 32.5. The van der Waals surface area contributed by atoms with Gasteiger partial charge in [-0.05, 0) is 30.7 Å². The Kier molecular flexibility index (Phi) is 5.53. The van der Waals surface area contributed by atoms with E-state index in [1.165, 1.54) is 36.7 Å². The molecule has 1 saturated heterocycles. The number of nitrogens with zero attached hydrogens (tertiary/aromatic N) is 2. The van der Waals surface area contributed by atoms with E-state index in [1.807, 2.05) is 31.2 Å². The molecule has 2 amide bonds.